The van der Waals surface area contributed by atoms with Gasteiger partial charge >= 0.3 is 0 Å². The Labute approximate surface area is 355 Å². The van der Waals surface area contributed by atoms with E-state index in [4.69, 9.17) is 23.8 Å². The van der Waals surface area contributed by atoms with Crippen LogP contribution in [0, 0.1) is 17.8 Å². The van der Waals surface area contributed by atoms with Gasteiger partial charge in [-0.15, -0.1) is 0 Å². The summed E-state index contributed by atoms with van der Waals surface area (Å²) in [6.45, 7) is 4.91. The fourth-order valence-corrected chi connectivity index (χ4v) is 11.4. The Morgan fingerprint density at radius 2 is 1.00 bits per heavy atom. The van der Waals surface area contributed by atoms with Crippen molar-refractivity contribution in [1.29, 1.82) is 0 Å². The Hall–Kier alpha value is -6.85. The van der Waals surface area contributed by atoms with Crippen LogP contribution in [0.5, 0.6) is 0 Å². The van der Waals surface area contributed by atoms with Crippen molar-refractivity contribution >= 4 is 43.9 Å². The normalized spacial score (nSPS) is 20.2. The van der Waals surface area contributed by atoms with E-state index in [1.165, 1.54) is 37.7 Å². The Balaban J connectivity index is 1.08. The van der Waals surface area contributed by atoms with E-state index in [0.29, 0.717) is 17.5 Å². The standard InChI is InChI=1S/C56H45N3O2/c1-34-26-36-27-35(2)32-56(31-34,33-36)42-23-20-39(21-24-42)53-57-54(45-18-11-17-44-43-16-9-10-19-49(43)60-51(44)45)59-55(58-53)48-30-41(38-14-7-4-8-15-38)29-47-46-28-40(37-12-5-3-6-13-37)22-25-50(46)61-52(47)48/h3-25,28-30,34-36H,26-27,31-33H2,1-2H3. The van der Waals surface area contributed by atoms with Gasteiger partial charge in [0.15, 0.2) is 17.5 Å². The van der Waals surface area contributed by atoms with E-state index < -0.39 is 0 Å². The van der Waals surface area contributed by atoms with Crippen LogP contribution in [0.2, 0.25) is 0 Å². The molecule has 7 aromatic carbocycles. The Morgan fingerprint density at radius 1 is 0.426 bits per heavy atom. The maximum absolute atomic E-state index is 6.84. The van der Waals surface area contributed by atoms with E-state index in [9.17, 15) is 0 Å². The molecule has 2 bridgehead atoms. The van der Waals surface area contributed by atoms with Crippen LogP contribution in [0.3, 0.4) is 0 Å². The van der Waals surface area contributed by atoms with Gasteiger partial charge < -0.3 is 8.83 Å². The number of aromatic nitrogens is 3. The lowest BCUT2D eigenvalue weighted by Crippen LogP contribution is -2.42. The Morgan fingerprint density at radius 3 is 1.74 bits per heavy atom. The van der Waals surface area contributed by atoms with E-state index in [-0.39, 0.29) is 5.41 Å². The van der Waals surface area contributed by atoms with E-state index in [1.807, 2.05) is 12.1 Å². The minimum absolute atomic E-state index is 0.232. The molecule has 0 N–H and O–H groups in total. The van der Waals surface area contributed by atoms with Gasteiger partial charge in [-0.3, -0.25) is 0 Å². The van der Waals surface area contributed by atoms with Crippen molar-refractivity contribution in [2.24, 2.45) is 17.8 Å². The molecule has 2 aliphatic rings. The average Bonchev–Trinajstić information content (AvgIpc) is 3.87. The number of benzene rings is 7. The first-order chi connectivity index (χ1) is 29.9. The van der Waals surface area contributed by atoms with Crippen molar-refractivity contribution in [1.82, 2.24) is 15.0 Å². The van der Waals surface area contributed by atoms with Gasteiger partial charge in [0, 0.05) is 27.1 Å². The number of hydrogen-bond donors (Lipinski definition) is 0. The van der Waals surface area contributed by atoms with Gasteiger partial charge in [-0.05, 0) is 119 Å². The summed E-state index contributed by atoms with van der Waals surface area (Å²) in [5.74, 6) is 4.02. The van der Waals surface area contributed by atoms with Crippen molar-refractivity contribution in [2.45, 2.75) is 51.4 Å². The molecule has 0 spiro atoms. The molecule has 5 nitrogen and oxygen atoms in total. The van der Waals surface area contributed by atoms with Gasteiger partial charge in [-0.2, -0.15) is 0 Å². The predicted octanol–water partition coefficient (Wildman–Crippen LogP) is 15.1. The van der Waals surface area contributed by atoms with Crippen LogP contribution < -0.4 is 0 Å². The fraction of sp³-hybridized carbons (Fsp3) is 0.196. The first-order valence-corrected chi connectivity index (χ1v) is 21.8. The van der Waals surface area contributed by atoms with Crippen molar-refractivity contribution in [3.8, 4) is 56.4 Å². The highest BCUT2D eigenvalue weighted by molar-refractivity contribution is 6.12. The maximum atomic E-state index is 6.84. The first kappa shape index (κ1) is 36.0. The van der Waals surface area contributed by atoms with Crippen molar-refractivity contribution in [3.63, 3.8) is 0 Å². The fourth-order valence-electron chi connectivity index (χ4n) is 11.4. The summed E-state index contributed by atoms with van der Waals surface area (Å²) < 4.78 is 13.4. The number of para-hydroxylation sites is 2. The lowest BCUT2D eigenvalue weighted by Gasteiger charge is -2.50. The minimum Gasteiger partial charge on any atom is -0.455 e. The topological polar surface area (TPSA) is 65.0 Å². The quantitative estimate of drug-likeness (QED) is 0.168. The molecule has 2 saturated carbocycles. The molecule has 0 radical (unpaired) electrons. The highest BCUT2D eigenvalue weighted by atomic mass is 16.3. The molecule has 2 fully saturated rings. The number of furan rings is 2. The third kappa shape index (κ3) is 6.17. The molecule has 2 unspecified atom stereocenters. The average molecular weight is 792 g/mol. The highest BCUT2D eigenvalue weighted by Gasteiger charge is 2.45. The second kappa shape index (κ2) is 14.1. The molecule has 10 aromatic rings. The van der Waals surface area contributed by atoms with Gasteiger partial charge in [-0.25, -0.2) is 15.0 Å². The molecule has 0 aliphatic heterocycles. The van der Waals surface area contributed by atoms with Gasteiger partial charge in [-0.1, -0.05) is 135 Å². The third-order valence-electron chi connectivity index (χ3n) is 13.7. The summed E-state index contributed by atoms with van der Waals surface area (Å²) in [5, 5.41) is 4.15. The van der Waals surface area contributed by atoms with E-state index in [2.05, 4.69) is 159 Å². The summed E-state index contributed by atoms with van der Waals surface area (Å²) in [6, 6.07) is 55.5. The van der Waals surface area contributed by atoms with Crippen LogP contribution in [0.1, 0.15) is 51.5 Å². The van der Waals surface area contributed by atoms with Crippen molar-refractivity contribution in [2.75, 3.05) is 0 Å². The molecule has 12 rings (SSSR count). The van der Waals surface area contributed by atoms with Gasteiger partial charge in [0.2, 0.25) is 0 Å². The Kier molecular flexibility index (Phi) is 8.35. The SMILES string of the molecule is CC1CC2CC(C)CC(c3ccc(-c4nc(-c5cccc6c5oc5ccccc56)nc(-c5cc(-c6ccccc6)cc6c5oc5ccc(-c7ccccc7)cc56)n4)cc3)(C1)C2. The highest BCUT2D eigenvalue weighted by Crippen LogP contribution is 2.54. The molecule has 0 amide bonds. The van der Waals surface area contributed by atoms with Gasteiger partial charge in [0.1, 0.15) is 22.3 Å². The van der Waals surface area contributed by atoms with Crippen molar-refractivity contribution < 1.29 is 8.83 Å². The number of fused-ring (bicyclic) bond motifs is 8. The molecule has 5 heteroatoms. The number of nitrogens with zero attached hydrogens (tertiary/aromatic N) is 3. The molecule has 2 aliphatic carbocycles. The van der Waals surface area contributed by atoms with E-state index in [0.717, 1.165) is 101 Å². The van der Waals surface area contributed by atoms with E-state index in [1.54, 1.807) is 0 Å². The largest absolute Gasteiger partial charge is 0.455 e. The van der Waals surface area contributed by atoms with Crippen LogP contribution in [-0.4, -0.2) is 15.0 Å². The van der Waals surface area contributed by atoms with E-state index >= 15 is 0 Å². The van der Waals surface area contributed by atoms with Gasteiger partial charge in [0.05, 0.1) is 11.1 Å². The monoisotopic (exact) mass is 791 g/mol. The van der Waals surface area contributed by atoms with Crippen molar-refractivity contribution in [3.05, 3.63) is 163 Å². The smallest absolute Gasteiger partial charge is 0.167 e. The second-order valence-electron chi connectivity index (χ2n) is 18.1. The number of rotatable bonds is 6. The predicted molar refractivity (Wildman–Crippen MR) is 248 cm³/mol. The zero-order valence-electron chi connectivity index (χ0n) is 34.4. The molecular weight excluding hydrogens is 747 g/mol. The first-order valence-electron chi connectivity index (χ1n) is 21.8. The molecule has 3 aromatic heterocycles. The number of hydrogen-bond acceptors (Lipinski definition) is 5. The lowest BCUT2D eigenvalue weighted by atomic mass is 9.54. The minimum atomic E-state index is 0.232. The van der Waals surface area contributed by atoms with Crippen LogP contribution >= 0.6 is 0 Å². The lowest BCUT2D eigenvalue weighted by molar-refractivity contribution is 0.0780. The Bertz CT molecular complexity index is 3250. The summed E-state index contributed by atoms with van der Waals surface area (Å²) in [7, 11) is 0. The van der Waals surface area contributed by atoms with Crippen LogP contribution in [-0.2, 0) is 5.41 Å². The zero-order chi connectivity index (χ0) is 40.7. The van der Waals surface area contributed by atoms with Gasteiger partial charge in [0.25, 0.3) is 0 Å². The molecular formula is C56H45N3O2. The van der Waals surface area contributed by atoms with Crippen LogP contribution in [0.4, 0.5) is 0 Å². The zero-order valence-corrected chi connectivity index (χ0v) is 34.4. The molecule has 61 heavy (non-hydrogen) atoms. The second-order valence-corrected chi connectivity index (χ2v) is 18.1. The molecule has 2 atom stereocenters. The summed E-state index contributed by atoms with van der Waals surface area (Å²) in [6.07, 6.45) is 6.52. The maximum Gasteiger partial charge on any atom is 0.167 e. The van der Waals surface area contributed by atoms with Crippen LogP contribution in [0.25, 0.3) is 100 Å². The molecule has 0 saturated heterocycles. The van der Waals surface area contributed by atoms with Crippen LogP contribution in [0.15, 0.2) is 167 Å². The third-order valence-corrected chi connectivity index (χ3v) is 13.7. The molecule has 3 heterocycles. The summed E-state index contributed by atoms with van der Waals surface area (Å²) in [5.41, 5.74) is 11.9. The summed E-state index contributed by atoms with van der Waals surface area (Å²) >= 11 is 0. The molecule has 296 valence electrons. The summed E-state index contributed by atoms with van der Waals surface area (Å²) in [4.78, 5) is 16.0.